The number of hydrogen-bond donors (Lipinski definition) is 1. The lowest BCUT2D eigenvalue weighted by atomic mass is 10.1. The van der Waals surface area contributed by atoms with Gasteiger partial charge in [0.05, 0.1) is 16.4 Å². The van der Waals surface area contributed by atoms with Crippen molar-refractivity contribution in [1.82, 2.24) is 9.62 Å². The highest BCUT2D eigenvalue weighted by molar-refractivity contribution is 7.91. The Kier molecular flexibility index (Phi) is 6.63. The average molecular weight is 465 g/mol. The van der Waals surface area contributed by atoms with E-state index in [0.717, 1.165) is 0 Å². The van der Waals surface area contributed by atoms with Crippen LogP contribution in [-0.4, -0.2) is 58.0 Å². The number of hydrogen-bond acceptors (Lipinski definition) is 6. The molecule has 1 N–H and O–H groups in total. The first kappa shape index (κ1) is 23.1. The molecule has 0 saturated carbocycles. The molecule has 1 unspecified atom stereocenters. The first-order valence-corrected chi connectivity index (χ1v) is 13.0. The van der Waals surface area contributed by atoms with E-state index >= 15 is 0 Å². The minimum atomic E-state index is -3.76. The number of nitrogens with zero attached hydrogens (tertiary/aromatic N) is 1. The smallest absolute Gasteiger partial charge is 0.253 e. The predicted molar refractivity (Wildman–Crippen MR) is 116 cm³/mol. The molecule has 8 nitrogen and oxygen atoms in total. The van der Waals surface area contributed by atoms with Gasteiger partial charge in [-0.3, -0.25) is 9.59 Å². The van der Waals surface area contributed by atoms with Crippen LogP contribution in [0.5, 0.6) is 0 Å². The molecule has 166 valence electrons. The summed E-state index contributed by atoms with van der Waals surface area (Å²) in [5.74, 6) is -0.361. The molecule has 1 aliphatic heterocycles. The zero-order valence-electron chi connectivity index (χ0n) is 17.2. The van der Waals surface area contributed by atoms with Gasteiger partial charge >= 0.3 is 0 Å². The van der Waals surface area contributed by atoms with Crippen LogP contribution in [0.1, 0.15) is 39.6 Å². The Balaban J connectivity index is 1.62. The SMILES string of the molecule is CC(=O)c1ccc(S(=O)(=O)NCc2ccc(C(=O)N(C)C3CCS(=O)(=O)C3)cc2)cc1. The normalized spacial score (nSPS) is 17.9. The third-order valence-electron chi connectivity index (χ3n) is 5.31. The summed E-state index contributed by atoms with van der Waals surface area (Å²) in [5, 5.41) is 0. The molecule has 1 fully saturated rings. The molecule has 0 aromatic heterocycles. The molecule has 0 spiro atoms. The molecule has 2 aromatic rings. The third kappa shape index (κ3) is 5.57. The van der Waals surface area contributed by atoms with E-state index in [1.54, 1.807) is 31.3 Å². The topological polar surface area (TPSA) is 118 Å². The lowest BCUT2D eigenvalue weighted by molar-refractivity contribution is 0.0747. The van der Waals surface area contributed by atoms with Gasteiger partial charge in [0, 0.05) is 30.8 Å². The standard InChI is InChI=1S/C21H24N2O6S2/c1-15(24)17-7-9-20(10-8-17)31(28,29)22-13-16-3-5-18(6-4-16)21(25)23(2)19-11-12-30(26,27)14-19/h3-10,19,22H,11-14H2,1-2H3. The first-order chi connectivity index (χ1) is 14.5. The highest BCUT2D eigenvalue weighted by atomic mass is 32.2. The molecule has 1 aliphatic rings. The Bertz CT molecular complexity index is 1190. The molecular weight excluding hydrogens is 440 g/mol. The van der Waals surface area contributed by atoms with Crippen LogP contribution in [0.2, 0.25) is 0 Å². The molecule has 10 heteroatoms. The summed E-state index contributed by atoms with van der Waals surface area (Å²) in [7, 11) is -5.26. The van der Waals surface area contributed by atoms with E-state index in [-0.39, 0.29) is 40.7 Å². The maximum Gasteiger partial charge on any atom is 0.253 e. The number of ketones is 1. The Hall–Kier alpha value is -2.56. The van der Waals surface area contributed by atoms with Gasteiger partial charge in [-0.25, -0.2) is 21.6 Å². The Morgan fingerprint density at radius 1 is 1.03 bits per heavy atom. The third-order valence-corrected chi connectivity index (χ3v) is 8.48. The lowest BCUT2D eigenvalue weighted by Crippen LogP contribution is -2.37. The van der Waals surface area contributed by atoms with Crippen LogP contribution in [0.3, 0.4) is 0 Å². The molecule has 1 heterocycles. The van der Waals surface area contributed by atoms with Crippen molar-refractivity contribution in [3.05, 3.63) is 65.2 Å². The highest BCUT2D eigenvalue weighted by Crippen LogP contribution is 2.19. The zero-order valence-corrected chi connectivity index (χ0v) is 18.9. The molecule has 31 heavy (non-hydrogen) atoms. The van der Waals surface area contributed by atoms with Crippen molar-refractivity contribution >= 4 is 31.6 Å². The predicted octanol–water partition coefficient (Wildman–Crippen LogP) is 1.63. The number of amides is 1. The van der Waals surface area contributed by atoms with Gasteiger partial charge in [-0.05, 0) is 43.2 Å². The van der Waals surface area contributed by atoms with Gasteiger partial charge in [-0.1, -0.05) is 24.3 Å². The van der Waals surface area contributed by atoms with E-state index in [0.29, 0.717) is 23.1 Å². The fourth-order valence-electron chi connectivity index (χ4n) is 3.35. The van der Waals surface area contributed by atoms with Crippen LogP contribution in [0.4, 0.5) is 0 Å². The van der Waals surface area contributed by atoms with Crippen LogP contribution in [0.25, 0.3) is 0 Å². The molecule has 3 rings (SSSR count). The fraction of sp³-hybridized carbons (Fsp3) is 0.333. The van der Waals surface area contributed by atoms with Crippen LogP contribution in [0.15, 0.2) is 53.4 Å². The Morgan fingerprint density at radius 3 is 2.13 bits per heavy atom. The van der Waals surface area contributed by atoms with E-state index in [1.165, 1.54) is 36.1 Å². The monoisotopic (exact) mass is 464 g/mol. The molecule has 2 aromatic carbocycles. The molecule has 1 amide bonds. The van der Waals surface area contributed by atoms with Crippen LogP contribution in [-0.2, 0) is 26.4 Å². The highest BCUT2D eigenvalue weighted by Gasteiger charge is 2.33. The number of carbonyl (C=O) groups is 2. The van der Waals surface area contributed by atoms with E-state index in [1.807, 2.05) is 0 Å². The Labute approximate surface area is 182 Å². The van der Waals surface area contributed by atoms with Crippen molar-refractivity contribution in [1.29, 1.82) is 0 Å². The van der Waals surface area contributed by atoms with Gasteiger partial charge < -0.3 is 4.90 Å². The quantitative estimate of drug-likeness (QED) is 0.623. The Morgan fingerprint density at radius 2 is 1.61 bits per heavy atom. The zero-order chi connectivity index (χ0) is 22.8. The molecule has 1 saturated heterocycles. The van der Waals surface area contributed by atoms with Crippen molar-refractivity contribution in [2.24, 2.45) is 0 Å². The van der Waals surface area contributed by atoms with Crippen LogP contribution >= 0.6 is 0 Å². The lowest BCUT2D eigenvalue weighted by Gasteiger charge is -2.23. The number of sulfone groups is 1. The molecule has 0 radical (unpaired) electrons. The minimum Gasteiger partial charge on any atom is -0.338 e. The maximum absolute atomic E-state index is 12.6. The van der Waals surface area contributed by atoms with E-state index in [9.17, 15) is 26.4 Å². The van der Waals surface area contributed by atoms with Gasteiger partial charge in [0.1, 0.15) is 0 Å². The summed E-state index contributed by atoms with van der Waals surface area (Å²) in [6.07, 6.45) is 0.428. The van der Waals surface area contributed by atoms with Crippen molar-refractivity contribution in [3.8, 4) is 0 Å². The van der Waals surface area contributed by atoms with Crippen molar-refractivity contribution < 1.29 is 26.4 Å². The summed E-state index contributed by atoms with van der Waals surface area (Å²) in [6.45, 7) is 1.44. The molecular formula is C21H24N2O6S2. The summed E-state index contributed by atoms with van der Waals surface area (Å²) < 4.78 is 50.7. The second-order valence-corrected chi connectivity index (χ2v) is 11.6. The van der Waals surface area contributed by atoms with E-state index < -0.39 is 19.9 Å². The van der Waals surface area contributed by atoms with E-state index in [2.05, 4.69) is 4.72 Å². The second kappa shape index (κ2) is 8.89. The number of rotatable bonds is 7. The van der Waals surface area contributed by atoms with Crippen molar-refractivity contribution in [3.63, 3.8) is 0 Å². The van der Waals surface area contributed by atoms with Crippen LogP contribution in [0, 0.1) is 0 Å². The summed E-state index contributed by atoms with van der Waals surface area (Å²) in [4.78, 5) is 25.5. The van der Waals surface area contributed by atoms with Crippen molar-refractivity contribution in [2.75, 3.05) is 18.6 Å². The largest absolute Gasteiger partial charge is 0.338 e. The van der Waals surface area contributed by atoms with Crippen LogP contribution < -0.4 is 4.72 Å². The number of Topliss-reactive ketones (excluding diaryl/α,β-unsaturated/α-hetero) is 1. The molecule has 0 aliphatic carbocycles. The maximum atomic E-state index is 12.6. The molecule has 0 bridgehead atoms. The summed E-state index contributed by atoms with van der Waals surface area (Å²) >= 11 is 0. The average Bonchev–Trinajstić information content (AvgIpc) is 3.11. The van der Waals surface area contributed by atoms with Gasteiger partial charge in [-0.2, -0.15) is 0 Å². The number of nitrogens with one attached hydrogen (secondary N) is 1. The number of carbonyl (C=O) groups excluding carboxylic acids is 2. The molecule has 1 atom stereocenters. The van der Waals surface area contributed by atoms with Gasteiger partial charge in [0.15, 0.2) is 15.6 Å². The second-order valence-electron chi connectivity index (χ2n) is 7.57. The van der Waals surface area contributed by atoms with Crippen molar-refractivity contribution in [2.45, 2.75) is 30.8 Å². The summed E-state index contributed by atoms with van der Waals surface area (Å²) in [5.41, 5.74) is 1.49. The first-order valence-electron chi connectivity index (χ1n) is 9.66. The fourth-order valence-corrected chi connectivity index (χ4v) is 6.14. The van der Waals surface area contributed by atoms with Gasteiger partial charge in [-0.15, -0.1) is 0 Å². The van der Waals surface area contributed by atoms with Gasteiger partial charge in [0.2, 0.25) is 10.0 Å². The summed E-state index contributed by atoms with van der Waals surface area (Å²) in [6, 6.07) is 11.8. The number of sulfonamides is 1. The van der Waals surface area contributed by atoms with Gasteiger partial charge in [0.25, 0.3) is 5.91 Å². The minimum absolute atomic E-state index is 0.0253. The van der Waals surface area contributed by atoms with E-state index in [4.69, 9.17) is 0 Å². The number of benzene rings is 2.